The Labute approximate surface area is 128 Å². The molecule has 0 N–H and O–H groups in total. The molecule has 0 amide bonds. The lowest BCUT2D eigenvalue weighted by Crippen LogP contribution is -2.30. The molecule has 4 heteroatoms. The highest BCUT2D eigenvalue weighted by Crippen LogP contribution is 2.50. The predicted molar refractivity (Wildman–Crippen MR) is 82.2 cm³/mol. The quantitative estimate of drug-likeness (QED) is 0.782. The van der Waals surface area contributed by atoms with E-state index in [1.54, 1.807) is 11.3 Å². The van der Waals surface area contributed by atoms with Crippen LogP contribution in [0.3, 0.4) is 0 Å². The van der Waals surface area contributed by atoms with Crippen LogP contribution in [0.1, 0.15) is 43.7 Å². The first kappa shape index (κ1) is 13.0. The van der Waals surface area contributed by atoms with Gasteiger partial charge < -0.3 is 4.74 Å². The van der Waals surface area contributed by atoms with Crippen LogP contribution in [0, 0.1) is 0 Å². The molecule has 1 spiro atoms. The largest absolute Gasteiger partial charge is 0.458 e. The Bertz CT molecular complexity index is 658. The summed E-state index contributed by atoms with van der Waals surface area (Å²) in [7, 11) is 0. The van der Waals surface area contributed by atoms with Gasteiger partial charge in [-0.2, -0.15) is 0 Å². The molecule has 1 aliphatic heterocycles. The average Bonchev–Trinajstić information content (AvgIpc) is 3.21. The Kier molecular flexibility index (Phi) is 3.07. The fourth-order valence-corrected chi connectivity index (χ4v) is 4.53. The van der Waals surface area contributed by atoms with Gasteiger partial charge >= 0.3 is 5.97 Å². The molecule has 2 fully saturated rings. The SMILES string of the molecule is O=C1CC(c2csc(-c3ccccc3)n2)C2(CCCC2)O1. The summed E-state index contributed by atoms with van der Waals surface area (Å²) in [6, 6.07) is 10.2. The van der Waals surface area contributed by atoms with E-state index in [2.05, 4.69) is 17.5 Å². The van der Waals surface area contributed by atoms with Crippen LogP contribution >= 0.6 is 11.3 Å². The van der Waals surface area contributed by atoms with Crippen LogP contribution in [-0.4, -0.2) is 16.6 Å². The summed E-state index contributed by atoms with van der Waals surface area (Å²) < 4.78 is 5.72. The van der Waals surface area contributed by atoms with Crippen LogP contribution < -0.4 is 0 Å². The normalized spacial score (nSPS) is 23.6. The summed E-state index contributed by atoms with van der Waals surface area (Å²) in [5, 5.41) is 3.13. The molecule has 3 nitrogen and oxygen atoms in total. The number of benzene rings is 1. The van der Waals surface area contributed by atoms with Crippen LogP contribution in [0.2, 0.25) is 0 Å². The van der Waals surface area contributed by atoms with E-state index in [1.807, 2.05) is 18.2 Å². The average molecular weight is 299 g/mol. The first-order valence-corrected chi connectivity index (χ1v) is 8.37. The fourth-order valence-electron chi connectivity index (χ4n) is 3.65. The number of hydrogen-bond donors (Lipinski definition) is 0. The number of aromatic nitrogens is 1. The minimum Gasteiger partial charge on any atom is -0.458 e. The molecule has 1 aromatic carbocycles. The van der Waals surface area contributed by atoms with Crippen molar-refractivity contribution >= 4 is 17.3 Å². The molecule has 1 aromatic heterocycles. The number of esters is 1. The molecule has 4 rings (SSSR count). The molecule has 1 atom stereocenters. The van der Waals surface area contributed by atoms with Gasteiger partial charge in [0.2, 0.25) is 0 Å². The second-order valence-electron chi connectivity index (χ2n) is 5.95. The summed E-state index contributed by atoms with van der Waals surface area (Å²) in [6.45, 7) is 0. The molecular formula is C17H17NO2S. The smallest absolute Gasteiger partial charge is 0.307 e. The Morgan fingerprint density at radius 3 is 2.71 bits per heavy atom. The molecule has 1 aliphatic carbocycles. The van der Waals surface area contributed by atoms with Crippen molar-refractivity contribution in [2.24, 2.45) is 0 Å². The first-order chi connectivity index (χ1) is 10.3. The molecule has 21 heavy (non-hydrogen) atoms. The zero-order valence-electron chi connectivity index (χ0n) is 11.7. The van der Waals surface area contributed by atoms with Gasteiger partial charge in [0.25, 0.3) is 0 Å². The standard InChI is InChI=1S/C17H17NO2S/c19-15-10-13(17(20-15)8-4-5-9-17)14-11-21-16(18-14)12-6-2-1-3-7-12/h1-3,6-7,11,13H,4-5,8-10H2. The molecule has 1 saturated carbocycles. The Hall–Kier alpha value is -1.68. The number of hydrogen-bond acceptors (Lipinski definition) is 4. The number of carbonyl (C=O) groups is 1. The van der Waals surface area contributed by atoms with E-state index in [9.17, 15) is 4.79 Å². The van der Waals surface area contributed by atoms with Gasteiger partial charge in [-0.25, -0.2) is 4.98 Å². The molecule has 0 radical (unpaired) electrons. The molecule has 2 aliphatic rings. The third kappa shape index (κ3) is 2.18. The Morgan fingerprint density at radius 2 is 1.95 bits per heavy atom. The van der Waals surface area contributed by atoms with E-state index in [-0.39, 0.29) is 17.5 Å². The number of ether oxygens (including phenoxy) is 1. The predicted octanol–water partition coefficient (Wildman–Crippen LogP) is 4.15. The number of thiazole rings is 1. The molecule has 108 valence electrons. The summed E-state index contributed by atoms with van der Waals surface area (Å²) in [5.41, 5.74) is 1.91. The summed E-state index contributed by atoms with van der Waals surface area (Å²) >= 11 is 1.65. The lowest BCUT2D eigenvalue weighted by molar-refractivity contribution is -0.148. The van der Waals surface area contributed by atoms with Gasteiger partial charge in [0.15, 0.2) is 0 Å². The second kappa shape index (κ2) is 4.95. The fraction of sp³-hybridized carbons (Fsp3) is 0.412. The summed E-state index contributed by atoms with van der Waals surface area (Å²) in [6.07, 6.45) is 4.76. The van der Waals surface area contributed by atoms with Gasteiger partial charge in [-0.05, 0) is 25.7 Å². The van der Waals surface area contributed by atoms with Crippen molar-refractivity contribution < 1.29 is 9.53 Å². The van der Waals surface area contributed by atoms with Gasteiger partial charge in [-0.3, -0.25) is 4.79 Å². The lowest BCUT2D eigenvalue weighted by atomic mass is 9.84. The van der Waals surface area contributed by atoms with Crippen LogP contribution in [0.15, 0.2) is 35.7 Å². The van der Waals surface area contributed by atoms with Crippen LogP contribution in [-0.2, 0) is 9.53 Å². The van der Waals surface area contributed by atoms with Crippen molar-refractivity contribution in [1.29, 1.82) is 0 Å². The third-order valence-corrected chi connectivity index (χ3v) is 5.58. The first-order valence-electron chi connectivity index (χ1n) is 7.50. The van der Waals surface area contributed by atoms with Crippen molar-refractivity contribution in [3.05, 3.63) is 41.4 Å². The van der Waals surface area contributed by atoms with Crippen molar-refractivity contribution in [2.45, 2.75) is 43.6 Å². The van der Waals surface area contributed by atoms with Crippen molar-refractivity contribution in [3.63, 3.8) is 0 Å². The van der Waals surface area contributed by atoms with Crippen molar-refractivity contribution in [3.8, 4) is 10.6 Å². The third-order valence-electron chi connectivity index (χ3n) is 4.67. The molecule has 2 heterocycles. The molecule has 1 saturated heterocycles. The highest BCUT2D eigenvalue weighted by atomic mass is 32.1. The topological polar surface area (TPSA) is 39.2 Å². The van der Waals surface area contributed by atoms with E-state index >= 15 is 0 Å². The maximum Gasteiger partial charge on any atom is 0.307 e. The Balaban J connectivity index is 1.67. The molecule has 0 bridgehead atoms. The maximum absolute atomic E-state index is 11.8. The van der Waals surface area contributed by atoms with Gasteiger partial charge in [0, 0.05) is 10.9 Å². The van der Waals surface area contributed by atoms with Crippen LogP contribution in [0.5, 0.6) is 0 Å². The second-order valence-corrected chi connectivity index (χ2v) is 6.80. The van der Waals surface area contributed by atoms with Crippen molar-refractivity contribution in [2.75, 3.05) is 0 Å². The monoisotopic (exact) mass is 299 g/mol. The number of rotatable bonds is 2. The highest BCUT2D eigenvalue weighted by molar-refractivity contribution is 7.13. The minimum atomic E-state index is -0.265. The van der Waals surface area contributed by atoms with Crippen LogP contribution in [0.25, 0.3) is 10.6 Å². The van der Waals surface area contributed by atoms with E-state index in [4.69, 9.17) is 9.72 Å². The molecule has 2 aromatic rings. The van der Waals surface area contributed by atoms with Gasteiger partial charge in [-0.1, -0.05) is 30.3 Å². The maximum atomic E-state index is 11.8. The van der Waals surface area contributed by atoms with Crippen molar-refractivity contribution in [1.82, 2.24) is 4.98 Å². The van der Waals surface area contributed by atoms with E-state index in [0.29, 0.717) is 6.42 Å². The number of carbonyl (C=O) groups excluding carboxylic acids is 1. The van der Waals surface area contributed by atoms with E-state index < -0.39 is 0 Å². The zero-order chi connectivity index (χ0) is 14.3. The Morgan fingerprint density at radius 1 is 1.19 bits per heavy atom. The minimum absolute atomic E-state index is 0.0591. The van der Waals surface area contributed by atoms with E-state index in [1.165, 1.54) is 0 Å². The number of nitrogens with zero attached hydrogens (tertiary/aromatic N) is 1. The molecular weight excluding hydrogens is 282 g/mol. The summed E-state index contributed by atoms with van der Waals surface area (Å²) in [5.74, 6) is 0.0809. The van der Waals surface area contributed by atoms with Crippen LogP contribution in [0.4, 0.5) is 0 Å². The van der Waals surface area contributed by atoms with E-state index in [0.717, 1.165) is 41.9 Å². The van der Waals surface area contributed by atoms with Gasteiger partial charge in [-0.15, -0.1) is 11.3 Å². The van der Waals surface area contributed by atoms with Gasteiger partial charge in [0.05, 0.1) is 18.0 Å². The van der Waals surface area contributed by atoms with Gasteiger partial charge in [0.1, 0.15) is 10.6 Å². The molecule has 1 unspecified atom stereocenters. The lowest BCUT2D eigenvalue weighted by Gasteiger charge is -2.27. The zero-order valence-corrected chi connectivity index (χ0v) is 12.6. The summed E-state index contributed by atoms with van der Waals surface area (Å²) in [4.78, 5) is 16.6. The highest BCUT2D eigenvalue weighted by Gasteiger charge is 2.52.